The SMILES string of the molecule is CC(C)CN(CC(C)C)C(=O)CCCCN(C)C(=O)C1CCCCC1. The maximum absolute atomic E-state index is 12.5. The van der Waals surface area contributed by atoms with Gasteiger partial charge in [-0.15, -0.1) is 0 Å². The second-order valence-electron chi connectivity index (χ2n) is 8.64. The van der Waals surface area contributed by atoms with Crippen LogP contribution in [-0.2, 0) is 9.59 Å². The summed E-state index contributed by atoms with van der Waals surface area (Å²) in [5, 5.41) is 0. The predicted octanol–water partition coefficient (Wildman–Crippen LogP) is 4.34. The number of hydrogen-bond acceptors (Lipinski definition) is 2. The van der Waals surface area contributed by atoms with E-state index in [9.17, 15) is 9.59 Å². The highest BCUT2D eigenvalue weighted by Crippen LogP contribution is 2.25. The molecule has 0 radical (unpaired) electrons. The van der Waals surface area contributed by atoms with Crippen LogP contribution in [0.3, 0.4) is 0 Å². The summed E-state index contributed by atoms with van der Waals surface area (Å²) in [7, 11) is 1.92. The van der Waals surface area contributed by atoms with Gasteiger partial charge in [-0.1, -0.05) is 47.0 Å². The van der Waals surface area contributed by atoms with Crippen LogP contribution in [0.5, 0.6) is 0 Å². The zero-order valence-electron chi connectivity index (χ0n) is 17.2. The zero-order valence-corrected chi connectivity index (χ0v) is 17.2. The van der Waals surface area contributed by atoms with Gasteiger partial charge in [0.15, 0.2) is 0 Å². The van der Waals surface area contributed by atoms with Crippen LogP contribution in [0.2, 0.25) is 0 Å². The maximum atomic E-state index is 12.5. The summed E-state index contributed by atoms with van der Waals surface area (Å²) in [5.41, 5.74) is 0. The highest BCUT2D eigenvalue weighted by Gasteiger charge is 2.23. The Kier molecular flexibility index (Phi) is 10.1. The minimum atomic E-state index is 0.243. The normalized spacial score (nSPS) is 15.6. The zero-order chi connectivity index (χ0) is 18.8. The summed E-state index contributed by atoms with van der Waals surface area (Å²) in [4.78, 5) is 28.8. The Morgan fingerprint density at radius 3 is 2.00 bits per heavy atom. The lowest BCUT2D eigenvalue weighted by atomic mass is 9.88. The van der Waals surface area contributed by atoms with Crippen molar-refractivity contribution in [2.75, 3.05) is 26.7 Å². The van der Waals surface area contributed by atoms with Gasteiger partial charge in [-0.2, -0.15) is 0 Å². The van der Waals surface area contributed by atoms with E-state index in [1.54, 1.807) is 0 Å². The van der Waals surface area contributed by atoms with Crippen molar-refractivity contribution in [1.82, 2.24) is 9.80 Å². The molecule has 0 aromatic heterocycles. The quantitative estimate of drug-likeness (QED) is 0.549. The molecule has 1 fully saturated rings. The molecule has 0 aromatic rings. The molecule has 4 nitrogen and oxygen atoms in total. The first-order chi connectivity index (χ1) is 11.8. The lowest BCUT2D eigenvalue weighted by Crippen LogP contribution is -2.37. The summed E-state index contributed by atoms with van der Waals surface area (Å²) in [6.07, 6.45) is 8.16. The van der Waals surface area contributed by atoms with Crippen LogP contribution >= 0.6 is 0 Å². The Morgan fingerprint density at radius 1 is 0.920 bits per heavy atom. The van der Waals surface area contributed by atoms with Crippen molar-refractivity contribution in [2.45, 2.75) is 79.1 Å². The molecule has 0 atom stereocenters. The van der Waals surface area contributed by atoms with Crippen LogP contribution in [0.1, 0.15) is 79.1 Å². The van der Waals surface area contributed by atoms with Gasteiger partial charge in [-0.25, -0.2) is 0 Å². The molecule has 0 N–H and O–H groups in total. The molecule has 0 unspecified atom stereocenters. The molecule has 1 aliphatic rings. The first-order valence-corrected chi connectivity index (χ1v) is 10.3. The number of rotatable bonds is 10. The first kappa shape index (κ1) is 22.0. The van der Waals surface area contributed by atoms with E-state index in [0.29, 0.717) is 24.2 Å². The van der Waals surface area contributed by atoms with Crippen molar-refractivity contribution in [3.8, 4) is 0 Å². The average molecular weight is 353 g/mol. The molecule has 0 heterocycles. The molecule has 0 aliphatic heterocycles. The van der Waals surface area contributed by atoms with Gasteiger partial charge in [0.25, 0.3) is 0 Å². The van der Waals surface area contributed by atoms with Gasteiger partial charge < -0.3 is 9.80 Å². The molecule has 146 valence electrons. The third kappa shape index (κ3) is 8.73. The predicted molar refractivity (Wildman–Crippen MR) is 104 cm³/mol. The number of nitrogens with zero attached hydrogens (tertiary/aromatic N) is 2. The fraction of sp³-hybridized carbons (Fsp3) is 0.905. The summed E-state index contributed by atoms with van der Waals surface area (Å²) < 4.78 is 0. The molecule has 0 bridgehead atoms. The third-order valence-electron chi connectivity index (χ3n) is 4.99. The van der Waals surface area contributed by atoms with Crippen LogP contribution in [0, 0.1) is 17.8 Å². The molecule has 4 heteroatoms. The fourth-order valence-corrected chi connectivity index (χ4v) is 3.71. The fourth-order valence-electron chi connectivity index (χ4n) is 3.71. The van der Waals surface area contributed by atoms with Crippen LogP contribution in [0.4, 0.5) is 0 Å². The highest BCUT2D eigenvalue weighted by atomic mass is 16.2. The Bertz CT molecular complexity index is 391. The highest BCUT2D eigenvalue weighted by molar-refractivity contribution is 5.78. The van der Waals surface area contributed by atoms with Crippen molar-refractivity contribution >= 4 is 11.8 Å². The lowest BCUT2D eigenvalue weighted by Gasteiger charge is -2.27. The van der Waals surface area contributed by atoms with E-state index in [2.05, 4.69) is 27.7 Å². The van der Waals surface area contributed by atoms with Gasteiger partial charge in [0.05, 0.1) is 0 Å². The molecular formula is C21H40N2O2. The molecule has 1 aliphatic carbocycles. The van der Waals surface area contributed by atoms with Crippen molar-refractivity contribution in [3.63, 3.8) is 0 Å². The van der Waals surface area contributed by atoms with Crippen LogP contribution in [0.25, 0.3) is 0 Å². The van der Waals surface area contributed by atoms with E-state index >= 15 is 0 Å². The topological polar surface area (TPSA) is 40.6 Å². The molecule has 2 amide bonds. The van der Waals surface area contributed by atoms with Crippen LogP contribution < -0.4 is 0 Å². The molecule has 25 heavy (non-hydrogen) atoms. The second-order valence-corrected chi connectivity index (χ2v) is 8.64. The smallest absolute Gasteiger partial charge is 0.225 e. The van der Waals surface area contributed by atoms with E-state index in [-0.39, 0.29) is 11.8 Å². The van der Waals surface area contributed by atoms with E-state index in [0.717, 1.165) is 45.3 Å². The Balaban J connectivity index is 2.29. The lowest BCUT2D eigenvalue weighted by molar-refractivity contribution is -0.135. The second kappa shape index (κ2) is 11.5. The van der Waals surface area contributed by atoms with E-state index in [4.69, 9.17) is 0 Å². The molecule has 0 aromatic carbocycles. The van der Waals surface area contributed by atoms with Crippen LogP contribution in [0.15, 0.2) is 0 Å². The molecule has 1 rings (SSSR count). The molecule has 1 saturated carbocycles. The van der Waals surface area contributed by atoms with Gasteiger partial charge >= 0.3 is 0 Å². The van der Waals surface area contributed by atoms with Crippen molar-refractivity contribution in [3.05, 3.63) is 0 Å². The molecule has 0 spiro atoms. The van der Waals surface area contributed by atoms with Gasteiger partial charge in [-0.05, 0) is 37.5 Å². The molecule has 0 saturated heterocycles. The number of unbranched alkanes of at least 4 members (excludes halogenated alkanes) is 1. The van der Waals surface area contributed by atoms with Gasteiger partial charge in [-0.3, -0.25) is 9.59 Å². The Hall–Kier alpha value is -1.06. The minimum Gasteiger partial charge on any atom is -0.346 e. The van der Waals surface area contributed by atoms with E-state index in [1.807, 2.05) is 16.8 Å². The summed E-state index contributed by atoms with van der Waals surface area (Å²) >= 11 is 0. The minimum absolute atomic E-state index is 0.243. The van der Waals surface area contributed by atoms with Crippen molar-refractivity contribution < 1.29 is 9.59 Å². The summed E-state index contributed by atoms with van der Waals surface area (Å²) in [6.45, 7) is 11.1. The summed E-state index contributed by atoms with van der Waals surface area (Å²) in [6, 6.07) is 0. The standard InChI is InChI=1S/C21H40N2O2/c1-17(2)15-23(16-18(3)4)20(24)13-9-10-14-22(5)21(25)19-11-7-6-8-12-19/h17-19H,6-16H2,1-5H3. The Labute approximate surface area is 155 Å². The van der Waals surface area contributed by atoms with Gasteiger partial charge in [0.2, 0.25) is 11.8 Å². The maximum Gasteiger partial charge on any atom is 0.225 e. The number of carbonyl (C=O) groups is 2. The Morgan fingerprint density at radius 2 is 1.48 bits per heavy atom. The first-order valence-electron chi connectivity index (χ1n) is 10.3. The number of hydrogen-bond donors (Lipinski definition) is 0. The summed E-state index contributed by atoms with van der Waals surface area (Å²) in [5.74, 6) is 1.83. The van der Waals surface area contributed by atoms with Crippen LogP contribution in [-0.4, -0.2) is 48.3 Å². The monoisotopic (exact) mass is 352 g/mol. The van der Waals surface area contributed by atoms with Gasteiger partial charge in [0, 0.05) is 39.0 Å². The largest absolute Gasteiger partial charge is 0.346 e. The van der Waals surface area contributed by atoms with Crippen molar-refractivity contribution in [1.29, 1.82) is 0 Å². The van der Waals surface area contributed by atoms with Gasteiger partial charge in [0.1, 0.15) is 0 Å². The molecular weight excluding hydrogens is 312 g/mol. The van der Waals surface area contributed by atoms with E-state index < -0.39 is 0 Å². The average Bonchev–Trinajstić information content (AvgIpc) is 2.57. The van der Waals surface area contributed by atoms with Crippen molar-refractivity contribution in [2.24, 2.45) is 17.8 Å². The van der Waals surface area contributed by atoms with E-state index in [1.165, 1.54) is 19.3 Å². The third-order valence-corrected chi connectivity index (χ3v) is 4.99. The number of amides is 2. The number of carbonyl (C=O) groups excluding carboxylic acids is 2.